The molecule has 0 heterocycles. The summed E-state index contributed by atoms with van der Waals surface area (Å²) in [5, 5.41) is 3.50. The fourth-order valence-corrected chi connectivity index (χ4v) is 3.98. The van der Waals surface area contributed by atoms with Crippen molar-refractivity contribution in [1.29, 1.82) is 0 Å². The average molecular weight is 263 g/mol. The van der Waals surface area contributed by atoms with E-state index in [1.807, 2.05) is 19.2 Å². The van der Waals surface area contributed by atoms with Crippen molar-refractivity contribution in [2.75, 3.05) is 7.05 Å². The summed E-state index contributed by atoms with van der Waals surface area (Å²) >= 11 is 0. The Bertz CT molecular complexity index is 390. The van der Waals surface area contributed by atoms with Crippen LogP contribution in [0.4, 0.5) is 4.39 Å². The van der Waals surface area contributed by atoms with Crippen molar-refractivity contribution in [3.05, 3.63) is 35.6 Å². The van der Waals surface area contributed by atoms with Gasteiger partial charge in [0.15, 0.2) is 0 Å². The number of hydrogen-bond acceptors (Lipinski definition) is 1. The van der Waals surface area contributed by atoms with Crippen molar-refractivity contribution in [3.8, 4) is 0 Å². The minimum atomic E-state index is -0.150. The molecular formula is C17H26FN. The molecule has 1 nitrogen and oxygen atoms in total. The van der Waals surface area contributed by atoms with Crippen LogP contribution < -0.4 is 5.32 Å². The molecule has 1 aliphatic carbocycles. The summed E-state index contributed by atoms with van der Waals surface area (Å²) in [5.41, 5.74) is 1.58. The molecule has 0 amide bonds. The molecule has 0 bridgehead atoms. The van der Waals surface area contributed by atoms with Crippen molar-refractivity contribution in [2.24, 2.45) is 11.3 Å². The van der Waals surface area contributed by atoms with E-state index in [0.29, 0.717) is 17.4 Å². The van der Waals surface area contributed by atoms with Gasteiger partial charge in [-0.2, -0.15) is 0 Å². The van der Waals surface area contributed by atoms with Crippen molar-refractivity contribution >= 4 is 0 Å². The van der Waals surface area contributed by atoms with E-state index in [9.17, 15) is 4.39 Å². The number of halogens is 1. The number of hydrogen-bond donors (Lipinski definition) is 1. The molecular weight excluding hydrogens is 237 g/mol. The normalized spacial score (nSPS) is 19.8. The molecule has 1 N–H and O–H groups in total. The van der Waals surface area contributed by atoms with Gasteiger partial charge in [-0.25, -0.2) is 4.39 Å². The quantitative estimate of drug-likeness (QED) is 0.812. The zero-order chi connectivity index (χ0) is 13.9. The van der Waals surface area contributed by atoms with Gasteiger partial charge in [-0.3, -0.25) is 0 Å². The number of nitrogens with one attached hydrogen (secondary N) is 1. The standard InChI is InChI=1S/C17H26FN/c1-13(2)12-17(10-4-5-11-17)16(19-3)14-6-8-15(18)9-7-14/h6-9,13,16,19H,4-5,10-12H2,1-3H3. The van der Waals surface area contributed by atoms with Gasteiger partial charge < -0.3 is 5.32 Å². The van der Waals surface area contributed by atoms with Crippen LogP contribution in [0.2, 0.25) is 0 Å². The molecule has 0 spiro atoms. The van der Waals surface area contributed by atoms with E-state index in [1.54, 1.807) is 12.1 Å². The van der Waals surface area contributed by atoms with E-state index in [2.05, 4.69) is 19.2 Å². The van der Waals surface area contributed by atoms with Gasteiger partial charge in [0.1, 0.15) is 5.82 Å². The van der Waals surface area contributed by atoms with E-state index in [1.165, 1.54) is 37.7 Å². The zero-order valence-electron chi connectivity index (χ0n) is 12.4. The Labute approximate surface area is 116 Å². The van der Waals surface area contributed by atoms with E-state index in [0.717, 1.165) is 0 Å². The molecule has 19 heavy (non-hydrogen) atoms. The maximum absolute atomic E-state index is 13.1. The predicted octanol–water partition coefficient (Wildman–Crippen LogP) is 4.69. The van der Waals surface area contributed by atoms with Crippen LogP contribution in [0.25, 0.3) is 0 Å². The molecule has 1 atom stereocenters. The Morgan fingerprint density at radius 1 is 1.16 bits per heavy atom. The number of benzene rings is 1. The first-order valence-corrected chi connectivity index (χ1v) is 7.50. The van der Waals surface area contributed by atoms with Crippen LogP contribution in [0.3, 0.4) is 0 Å². The highest BCUT2D eigenvalue weighted by Crippen LogP contribution is 2.51. The molecule has 2 heteroatoms. The molecule has 0 saturated heterocycles. The van der Waals surface area contributed by atoms with Crippen LogP contribution in [0.5, 0.6) is 0 Å². The molecule has 1 aliphatic rings. The first-order chi connectivity index (χ1) is 9.07. The van der Waals surface area contributed by atoms with Crippen LogP contribution in [0.1, 0.15) is 57.6 Å². The molecule has 2 rings (SSSR count). The summed E-state index contributed by atoms with van der Waals surface area (Å²) in [7, 11) is 2.04. The predicted molar refractivity (Wildman–Crippen MR) is 78.6 cm³/mol. The molecule has 1 fully saturated rings. The Balaban J connectivity index is 2.29. The van der Waals surface area contributed by atoms with E-state index in [-0.39, 0.29) is 5.82 Å². The zero-order valence-corrected chi connectivity index (χ0v) is 12.4. The fraction of sp³-hybridized carbons (Fsp3) is 0.647. The molecule has 1 unspecified atom stereocenters. The molecule has 1 saturated carbocycles. The van der Waals surface area contributed by atoms with Gasteiger partial charge in [0.25, 0.3) is 0 Å². The summed E-state index contributed by atoms with van der Waals surface area (Å²) in [4.78, 5) is 0. The first kappa shape index (κ1) is 14.5. The van der Waals surface area contributed by atoms with Crippen LogP contribution in [0, 0.1) is 17.2 Å². The minimum absolute atomic E-state index is 0.150. The molecule has 0 radical (unpaired) electrons. The molecule has 0 aromatic heterocycles. The van der Waals surface area contributed by atoms with Gasteiger partial charge in [0.2, 0.25) is 0 Å². The minimum Gasteiger partial charge on any atom is -0.313 e. The maximum atomic E-state index is 13.1. The first-order valence-electron chi connectivity index (χ1n) is 7.50. The summed E-state index contributed by atoms with van der Waals surface area (Å²) in [6.45, 7) is 4.61. The second kappa shape index (κ2) is 6.04. The van der Waals surface area contributed by atoms with E-state index >= 15 is 0 Å². The van der Waals surface area contributed by atoms with Gasteiger partial charge in [-0.15, -0.1) is 0 Å². The van der Waals surface area contributed by atoms with Crippen molar-refractivity contribution < 1.29 is 4.39 Å². The van der Waals surface area contributed by atoms with Crippen LogP contribution in [-0.4, -0.2) is 7.05 Å². The second-order valence-electron chi connectivity index (χ2n) is 6.44. The van der Waals surface area contributed by atoms with E-state index in [4.69, 9.17) is 0 Å². The molecule has 1 aromatic rings. The third kappa shape index (κ3) is 3.17. The Morgan fingerprint density at radius 3 is 2.21 bits per heavy atom. The van der Waals surface area contributed by atoms with Gasteiger partial charge >= 0.3 is 0 Å². The lowest BCUT2D eigenvalue weighted by Gasteiger charge is -2.39. The summed E-state index contributed by atoms with van der Waals surface area (Å²) in [6, 6.07) is 7.39. The molecule has 106 valence electrons. The third-order valence-electron chi connectivity index (χ3n) is 4.52. The summed E-state index contributed by atoms with van der Waals surface area (Å²) in [5.74, 6) is 0.553. The fourth-order valence-electron chi connectivity index (χ4n) is 3.98. The molecule has 0 aliphatic heterocycles. The van der Waals surface area contributed by atoms with Gasteiger partial charge in [-0.05, 0) is 55.3 Å². The Kier molecular flexibility index (Phi) is 4.62. The Morgan fingerprint density at radius 2 is 1.74 bits per heavy atom. The highest BCUT2D eigenvalue weighted by molar-refractivity contribution is 5.23. The van der Waals surface area contributed by atoms with Crippen LogP contribution in [-0.2, 0) is 0 Å². The average Bonchev–Trinajstić information content (AvgIpc) is 2.81. The monoisotopic (exact) mass is 263 g/mol. The van der Waals surface area contributed by atoms with Crippen molar-refractivity contribution in [1.82, 2.24) is 5.32 Å². The lowest BCUT2D eigenvalue weighted by molar-refractivity contribution is 0.161. The van der Waals surface area contributed by atoms with E-state index < -0.39 is 0 Å². The van der Waals surface area contributed by atoms with Crippen LogP contribution in [0.15, 0.2) is 24.3 Å². The number of rotatable bonds is 5. The Hall–Kier alpha value is -0.890. The highest BCUT2D eigenvalue weighted by atomic mass is 19.1. The van der Waals surface area contributed by atoms with Crippen molar-refractivity contribution in [3.63, 3.8) is 0 Å². The van der Waals surface area contributed by atoms with Gasteiger partial charge in [-0.1, -0.05) is 38.8 Å². The largest absolute Gasteiger partial charge is 0.313 e. The second-order valence-corrected chi connectivity index (χ2v) is 6.44. The summed E-state index contributed by atoms with van der Waals surface area (Å²) < 4.78 is 13.1. The van der Waals surface area contributed by atoms with Gasteiger partial charge in [0.05, 0.1) is 0 Å². The maximum Gasteiger partial charge on any atom is 0.123 e. The van der Waals surface area contributed by atoms with Crippen LogP contribution >= 0.6 is 0 Å². The van der Waals surface area contributed by atoms with Gasteiger partial charge in [0, 0.05) is 6.04 Å². The summed E-state index contributed by atoms with van der Waals surface area (Å²) in [6.07, 6.45) is 6.47. The smallest absolute Gasteiger partial charge is 0.123 e. The lowest BCUT2D eigenvalue weighted by Crippen LogP contribution is -2.35. The van der Waals surface area contributed by atoms with Crippen molar-refractivity contribution in [2.45, 2.75) is 52.0 Å². The highest BCUT2D eigenvalue weighted by Gasteiger charge is 2.41. The SMILES string of the molecule is CNC(c1ccc(F)cc1)C1(CC(C)C)CCCC1. The molecule has 1 aromatic carbocycles. The third-order valence-corrected chi connectivity index (χ3v) is 4.52. The topological polar surface area (TPSA) is 12.0 Å². The lowest BCUT2D eigenvalue weighted by atomic mass is 9.70.